The molecule has 0 bridgehead atoms. The second-order valence-corrected chi connectivity index (χ2v) is 8.89. The third kappa shape index (κ3) is 4.74. The van der Waals surface area contributed by atoms with E-state index in [1.165, 1.54) is 10.6 Å². The molecule has 3 rings (SSSR count). The molecular weight excluding hydrogens is 412 g/mol. The second kappa shape index (κ2) is 8.35. The minimum Gasteiger partial charge on any atom is -0.489 e. The van der Waals surface area contributed by atoms with Gasteiger partial charge in [0.25, 0.3) is 5.56 Å². The summed E-state index contributed by atoms with van der Waals surface area (Å²) in [6, 6.07) is 1.77. The number of hydrogen-bond acceptors (Lipinski definition) is 4. The van der Waals surface area contributed by atoms with Gasteiger partial charge in [0.2, 0.25) is 5.91 Å². The van der Waals surface area contributed by atoms with Gasteiger partial charge < -0.3 is 18.9 Å². The Labute approximate surface area is 169 Å². The summed E-state index contributed by atoms with van der Waals surface area (Å²) in [6.07, 6.45) is 7.36. The molecule has 2 fully saturated rings. The summed E-state index contributed by atoms with van der Waals surface area (Å²) in [5.41, 5.74) is -0.244. The molecule has 2 saturated carbocycles. The normalized spacial score (nSPS) is 23.7. The number of amides is 1. The summed E-state index contributed by atoms with van der Waals surface area (Å²) in [4.78, 5) is 26.8. The minimum atomic E-state index is -0.157. The quantitative estimate of drug-likeness (QED) is 0.653. The van der Waals surface area contributed by atoms with Crippen LogP contribution >= 0.6 is 15.9 Å². The second-order valence-electron chi connectivity index (χ2n) is 8.04. The van der Waals surface area contributed by atoms with Crippen molar-refractivity contribution in [2.45, 2.75) is 57.6 Å². The maximum Gasteiger partial charge on any atom is 0.254 e. The lowest BCUT2D eigenvalue weighted by Gasteiger charge is -2.38. The van der Waals surface area contributed by atoms with Crippen molar-refractivity contribution < 1.29 is 14.3 Å². The number of halogens is 1. The van der Waals surface area contributed by atoms with E-state index in [1.807, 2.05) is 4.90 Å². The third-order valence-corrected chi connectivity index (χ3v) is 6.43. The van der Waals surface area contributed by atoms with Crippen LogP contribution in [0.4, 0.5) is 0 Å². The van der Waals surface area contributed by atoms with Crippen molar-refractivity contribution in [3.05, 3.63) is 27.1 Å². The van der Waals surface area contributed by atoms with Gasteiger partial charge in [-0.05, 0) is 54.5 Å². The van der Waals surface area contributed by atoms with Gasteiger partial charge in [0.1, 0.15) is 5.75 Å². The van der Waals surface area contributed by atoms with Crippen molar-refractivity contribution >= 4 is 21.8 Å². The van der Waals surface area contributed by atoms with Crippen LogP contribution in [0.25, 0.3) is 0 Å². The molecule has 0 N–H and O–H groups in total. The Morgan fingerprint density at radius 3 is 2.59 bits per heavy atom. The molecule has 0 aromatic carbocycles. The fourth-order valence-electron chi connectivity index (χ4n) is 3.71. The van der Waals surface area contributed by atoms with E-state index in [2.05, 4.69) is 22.9 Å². The number of rotatable bonds is 7. The Bertz CT molecular complexity index is 736. The summed E-state index contributed by atoms with van der Waals surface area (Å²) in [7, 11) is 3.39. The van der Waals surface area contributed by atoms with Crippen LogP contribution in [0.1, 0.15) is 45.4 Å². The molecule has 27 heavy (non-hydrogen) atoms. The van der Waals surface area contributed by atoms with Crippen LogP contribution in [0.15, 0.2) is 21.5 Å². The van der Waals surface area contributed by atoms with Crippen LogP contribution in [-0.4, -0.2) is 47.8 Å². The lowest BCUT2D eigenvalue weighted by atomic mass is 9.90. The van der Waals surface area contributed by atoms with Crippen LogP contribution in [0.5, 0.6) is 5.75 Å². The molecule has 2 aliphatic carbocycles. The van der Waals surface area contributed by atoms with Crippen molar-refractivity contribution in [1.29, 1.82) is 0 Å². The zero-order chi connectivity index (χ0) is 19.6. The highest BCUT2D eigenvalue weighted by Crippen LogP contribution is 2.47. The molecule has 1 heterocycles. The largest absolute Gasteiger partial charge is 0.489 e. The van der Waals surface area contributed by atoms with Gasteiger partial charge in [-0.1, -0.05) is 6.92 Å². The average molecular weight is 441 g/mol. The molecule has 1 aromatic heterocycles. The van der Waals surface area contributed by atoms with E-state index >= 15 is 0 Å². The number of hydrogen-bond donors (Lipinski definition) is 0. The van der Waals surface area contributed by atoms with Crippen molar-refractivity contribution in [2.24, 2.45) is 12.5 Å². The smallest absolute Gasteiger partial charge is 0.254 e. The van der Waals surface area contributed by atoms with E-state index in [4.69, 9.17) is 9.47 Å². The fraction of sp³-hybridized carbons (Fsp3) is 0.700. The van der Waals surface area contributed by atoms with Crippen molar-refractivity contribution in [1.82, 2.24) is 9.47 Å². The number of ether oxygens (including phenoxy) is 2. The third-order valence-electron chi connectivity index (χ3n) is 5.84. The van der Waals surface area contributed by atoms with Crippen LogP contribution in [0.2, 0.25) is 0 Å². The predicted molar refractivity (Wildman–Crippen MR) is 107 cm³/mol. The highest BCUT2D eigenvalue weighted by molar-refractivity contribution is 9.10. The molecule has 7 heteroatoms. The SMILES string of the molecule is COCCN(C(=O)C1(C)CC1)C1CCC(Oc2cc(=O)n(C)cc2Br)CC1. The summed E-state index contributed by atoms with van der Waals surface area (Å²) < 4.78 is 13.6. The molecule has 0 saturated heterocycles. The number of aryl methyl sites for hydroxylation is 1. The van der Waals surface area contributed by atoms with Gasteiger partial charge in [0.15, 0.2) is 0 Å². The topological polar surface area (TPSA) is 60.8 Å². The first-order chi connectivity index (χ1) is 12.8. The zero-order valence-corrected chi connectivity index (χ0v) is 18.0. The maximum atomic E-state index is 12.9. The molecule has 1 aromatic rings. The lowest BCUT2D eigenvalue weighted by molar-refractivity contribution is -0.140. The molecule has 0 radical (unpaired) electrons. The summed E-state index contributed by atoms with van der Waals surface area (Å²) in [5.74, 6) is 0.873. The first-order valence-corrected chi connectivity index (χ1v) is 10.5. The Balaban J connectivity index is 1.60. The van der Waals surface area contributed by atoms with Crippen molar-refractivity contribution in [3.8, 4) is 5.75 Å². The Morgan fingerprint density at radius 1 is 1.33 bits per heavy atom. The van der Waals surface area contributed by atoms with Crippen LogP contribution in [0, 0.1) is 5.41 Å². The number of methoxy groups -OCH3 is 1. The van der Waals surface area contributed by atoms with Gasteiger partial charge in [-0.3, -0.25) is 9.59 Å². The van der Waals surface area contributed by atoms with E-state index in [-0.39, 0.29) is 29.0 Å². The number of aromatic nitrogens is 1. The van der Waals surface area contributed by atoms with Gasteiger partial charge >= 0.3 is 0 Å². The van der Waals surface area contributed by atoms with E-state index < -0.39 is 0 Å². The molecule has 2 aliphatic rings. The molecule has 0 unspecified atom stereocenters. The first-order valence-electron chi connectivity index (χ1n) is 9.67. The van der Waals surface area contributed by atoms with E-state index in [0.717, 1.165) is 43.0 Å². The van der Waals surface area contributed by atoms with Crippen LogP contribution in [-0.2, 0) is 16.6 Å². The van der Waals surface area contributed by atoms with Crippen molar-refractivity contribution in [2.75, 3.05) is 20.3 Å². The Hall–Kier alpha value is -1.34. The molecule has 6 nitrogen and oxygen atoms in total. The Morgan fingerprint density at radius 2 is 2.00 bits per heavy atom. The van der Waals surface area contributed by atoms with Gasteiger partial charge in [0.05, 0.1) is 17.2 Å². The first kappa shape index (κ1) is 20.4. The lowest BCUT2D eigenvalue weighted by Crippen LogP contribution is -2.47. The number of nitrogens with zero attached hydrogens (tertiary/aromatic N) is 2. The molecule has 1 amide bonds. The number of pyridine rings is 1. The molecule has 0 aliphatic heterocycles. The number of carbonyl (C=O) groups is 1. The average Bonchev–Trinajstić information content (AvgIpc) is 3.40. The van der Waals surface area contributed by atoms with Gasteiger partial charge in [-0.25, -0.2) is 0 Å². The van der Waals surface area contributed by atoms with E-state index in [1.54, 1.807) is 20.4 Å². The Kier molecular flexibility index (Phi) is 6.31. The highest BCUT2D eigenvalue weighted by atomic mass is 79.9. The number of carbonyl (C=O) groups excluding carboxylic acids is 1. The summed E-state index contributed by atoms with van der Waals surface area (Å²) >= 11 is 3.47. The summed E-state index contributed by atoms with van der Waals surface area (Å²) in [6.45, 7) is 3.29. The fourth-order valence-corrected chi connectivity index (χ4v) is 4.23. The predicted octanol–water partition coefficient (Wildman–Crippen LogP) is 3.11. The zero-order valence-electron chi connectivity index (χ0n) is 16.4. The molecule has 0 spiro atoms. The van der Waals surface area contributed by atoms with E-state index in [9.17, 15) is 9.59 Å². The summed E-state index contributed by atoms with van der Waals surface area (Å²) in [5, 5.41) is 0. The molecule has 0 atom stereocenters. The molecule has 150 valence electrons. The highest BCUT2D eigenvalue weighted by Gasteiger charge is 2.48. The van der Waals surface area contributed by atoms with Crippen LogP contribution < -0.4 is 10.3 Å². The van der Waals surface area contributed by atoms with E-state index in [0.29, 0.717) is 18.9 Å². The standard InChI is InChI=1S/C20H29BrN2O4/c1-20(8-9-20)19(25)23(10-11-26-3)14-4-6-15(7-5-14)27-17-12-18(24)22(2)13-16(17)21/h12-15H,4-11H2,1-3H3. The van der Waals surface area contributed by atoms with Gasteiger partial charge in [0, 0.05) is 44.4 Å². The molecular formula is C20H29BrN2O4. The van der Waals surface area contributed by atoms with Gasteiger partial charge in [-0.2, -0.15) is 0 Å². The van der Waals surface area contributed by atoms with Gasteiger partial charge in [-0.15, -0.1) is 0 Å². The maximum absolute atomic E-state index is 12.9. The minimum absolute atomic E-state index is 0.0699. The van der Waals surface area contributed by atoms with Crippen LogP contribution in [0.3, 0.4) is 0 Å². The van der Waals surface area contributed by atoms with Crippen molar-refractivity contribution in [3.63, 3.8) is 0 Å². The monoisotopic (exact) mass is 440 g/mol.